The summed E-state index contributed by atoms with van der Waals surface area (Å²) in [5.74, 6) is 0. The Balaban J connectivity index is 1.38. The molecule has 4 nitrogen and oxygen atoms in total. The summed E-state index contributed by atoms with van der Waals surface area (Å²) in [7, 11) is 0. The maximum atomic E-state index is 9.63. The van der Waals surface area contributed by atoms with Gasteiger partial charge in [-0.1, -0.05) is 78.9 Å². The molecule has 0 atom stereocenters. The number of allylic oxidation sites excluding steroid dienone is 1. The van der Waals surface area contributed by atoms with Crippen molar-refractivity contribution in [2.75, 3.05) is 0 Å². The molecule has 0 saturated carbocycles. The molecule has 0 unspecified atom stereocenters. The quantitative estimate of drug-likeness (QED) is 0.226. The number of hydrogen-bond donors (Lipinski definition) is 0. The Kier molecular flexibility index (Phi) is 4.48. The monoisotopic (exact) mass is 525 g/mol. The summed E-state index contributed by atoms with van der Waals surface area (Å²) in [6.07, 6.45) is 3.62. The number of benzene rings is 5. The van der Waals surface area contributed by atoms with Gasteiger partial charge in [0.05, 0.1) is 34.0 Å². The molecule has 0 spiro atoms. The molecule has 0 fully saturated rings. The SMILES string of the molecule is N#CC1=Cc2c(n(-c3cccc4c3oc3c(-n5c6ccccc6c6ccccc65)cccc34)c3ccccc23)CC1. The second-order valence-electron chi connectivity index (χ2n) is 10.8. The van der Waals surface area contributed by atoms with E-state index in [9.17, 15) is 5.26 Å². The normalized spacial score (nSPS) is 13.3. The lowest BCUT2D eigenvalue weighted by atomic mass is 9.96. The van der Waals surface area contributed by atoms with Crippen LogP contribution in [-0.2, 0) is 6.42 Å². The van der Waals surface area contributed by atoms with Crippen LogP contribution < -0.4 is 0 Å². The van der Waals surface area contributed by atoms with Crippen molar-refractivity contribution in [3.8, 4) is 17.4 Å². The highest BCUT2D eigenvalue weighted by atomic mass is 16.3. The van der Waals surface area contributed by atoms with Gasteiger partial charge in [-0.15, -0.1) is 0 Å². The first kappa shape index (κ1) is 22.3. The highest BCUT2D eigenvalue weighted by Crippen LogP contribution is 2.42. The predicted molar refractivity (Wildman–Crippen MR) is 167 cm³/mol. The summed E-state index contributed by atoms with van der Waals surface area (Å²) in [4.78, 5) is 0. The summed E-state index contributed by atoms with van der Waals surface area (Å²) in [6.45, 7) is 0. The Labute approximate surface area is 235 Å². The first-order valence-electron chi connectivity index (χ1n) is 14.0. The van der Waals surface area contributed by atoms with Crippen LogP contribution in [-0.4, -0.2) is 9.13 Å². The molecule has 0 amide bonds. The standard InChI is InChI=1S/C37H23N3O/c38-22-23-19-20-33-29(21-23)26-11-3-6-16-32(26)40(33)35-18-8-13-28-27-12-7-17-34(36(27)41-37(28)35)39-30-14-4-1-9-24(30)25-10-2-5-15-31(25)39/h1-18,21H,19-20H2. The number of aromatic nitrogens is 2. The Hall–Kier alpha value is -5.53. The summed E-state index contributed by atoms with van der Waals surface area (Å²) in [5.41, 5.74) is 10.4. The van der Waals surface area contributed by atoms with Gasteiger partial charge in [-0.05, 0) is 49.2 Å². The van der Waals surface area contributed by atoms with Crippen molar-refractivity contribution in [2.45, 2.75) is 12.8 Å². The van der Waals surface area contributed by atoms with Crippen molar-refractivity contribution in [1.29, 1.82) is 5.26 Å². The Bertz CT molecular complexity index is 2390. The van der Waals surface area contributed by atoms with E-state index in [1.807, 2.05) is 0 Å². The number of fused-ring (bicyclic) bond motifs is 9. The van der Waals surface area contributed by atoms with Gasteiger partial charge in [-0.3, -0.25) is 0 Å². The molecule has 0 N–H and O–H groups in total. The van der Waals surface area contributed by atoms with E-state index in [0.29, 0.717) is 0 Å². The van der Waals surface area contributed by atoms with Crippen molar-refractivity contribution in [3.63, 3.8) is 0 Å². The summed E-state index contributed by atoms with van der Waals surface area (Å²) in [5, 5.41) is 15.4. The number of para-hydroxylation sites is 5. The molecule has 9 rings (SSSR count). The smallest absolute Gasteiger partial charge is 0.159 e. The number of hydrogen-bond acceptors (Lipinski definition) is 2. The summed E-state index contributed by atoms with van der Waals surface area (Å²) in [6, 6.07) is 40.9. The maximum absolute atomic E-state index is 9.63. The van der Waals surface area contributed by atoms with Crippen LogP contribution in [0.2, 0.25) is 0 Å². The Morgan fingerprint density at radius 3 is 1.66 bits per heavy atom. The lowest BCUT2D eigenvalue weighted by molar-refractivity contribution is 0.662. The molecule has 4 heteroatoms. The molecule has 0 bridgehead atoms. The molecule has 1 aliphatic carbocycles. The van der Waals surface area contributed by atoms with Crippen LogP contribution in [0.3, 0.4) is 0 Å². The van der Waals surface area contributed by atoms with Gasteiger partial charge < -0.3 is 13.6 Å². The molecule has 0 aliphatic heterocycles. The first-order chi connectivity index (χ1) is 20.3. The van der Waals surface area contributed by atoms with Crippen molar-refractivity contribution >= 4 is 60.7 Å². The van der Waals surface area contributed by atoms with E-state index < -0.39 is 0 Å². The largest absolute Gasteiger partial charge is 0.452 e. The van der Waals surface area contributed by atoms with E-state index in [4.69, 9.17) is 4.42 Å². The van der Waals surface area contributed by atoms with Crippen molar-refractivity contribution in [2.24, 2.45) is 0 Å². The average Bonchev–Trinajstić information content (AvgIpc) is 3.69. The van der Waals surface area contributed by atoms with Crippen molar-refractivity contribution < 1.29 is 4.42 Å². The van der Waals surface area contributed by atoms with E-state index in [-0.39, 0.29) is 0 Å². The van der Waals surface area contributed by atoms with Crippen LogP contribution in [0.25, 0.3) is 72.1 Å². The zero-order chi connectivity index (χ0) is 27.1. The Morgan fingerprint density at radius 2 is 1.05 bits per heavy atom. The van der Waals surface area contributed by atoms with Crippen LogP contribution in [0.1, 0.15) is 17.7 Å². The van der Waals surface area contributed by atoms with Crippen LogP contribution >= 0.6 is 0 Å². The Morgan fingerprint density at radius 1 is 0.537 bits per heavy atom. The van der Waals surface area contributed by atoms with Gasteiger partial charge in [-0.25, -0.2) is 0 Å². The molecule has 3 heterocycles. The second-order valence-corrected chi connectivity index (χ2v) is 10.8. The van der Waals surface area contributed by atoms with Crippen molar-refractivity contribution in [1.82, 2.24) is 9.13 Å². The molecule has 5 aromatic carbocycles. The number of rotatable bonds is 2. The van der Waals surface area contributed by atoms with E-state index >= 15 is 0 Å². The fourth-order valence-electron chi connectivity index (χ4n) is 6.91. The fourth-order valence-corrected chi connectivity index (χ4v) is 6.91. The molecule has 192 valence electrons. The van der Waals surface area contributed by atoms with Gasteiger partial charge in [0.1, 0.15) is 0 Å². The van der Waals surface area contributed by atoms with E-state index in [2.05, 4.69) is 130 Å². The van der Waals surface area contributed by atoms with Gasteiger partial charge in [0.15, 0.2) is 11.2 Å². The summed E-state index contributed by atoms with van der Waals surface area (Å²) < 4.78 is 11.6. The van der Waals surface area contributed by atoms with E-state index in [1.54, 1.807) is 0 Å². The second kappa shape index (κ2) is 8.24. The lowest BCUT2D eigenvalue weighted by Gasteiger charge is -2.15. The van der Waals surface area contributed by atoms with E-state index in [1.165, 1.54) is 16.5 Å². The lowest BCUT2D eigenvalue weighted by Crippen LogP contribution is -2.05. The van der Waals surface area contributed by atoms with Crippen LogP contribution in [0, 0.1) is 11.3 Å². The average molecular weight is 526 g/mol. The first-order valence-corrected chi connectivity index (χ1v) is 14.0. The van der Waals surface area contributed by atoms with Gasteiger partial charge in [0.2, 0.25) is 0 Å². The number of nitriles is 1. The minimum Gasteiger partial charge on any atom is -0.452 e. The minimum absolute atomic E-state index is 0.744. The summed E-state index contributed by atoms with van der Waals surface area (Å²) >= 11 is 0. The fraction of sp³-hybridized carbons (Fsp3) is 0.0541. The van der Waals surface area contributed by atoms with Gasteiger partial charge in [0, 0.05) is 43.8 Å². The third-order valence-electron chi connectivity index (χ3n) is 8.65. The third kappa shape index (κ3) is 2.98. The predicted octanol–water partition coefficient (Wildman–Crippen LogP) is 9.48. The maximum Gasteiger partial charge on any atom is 0.159 e. The van der Waals surface area contributed by atoms with Gasteiger partial charge in [-0.2, -0.15) is 5.26 Å². The molecule has 3 aromatic heterocycles. The topological polar surface area (TPSA) is 46.8 Å². The zero-order valence-electron chi connectivity index (χ0n) is 22.1. The third-order valence-corrected chi connectivity index (χ3v) is 8.65. The zero-order valence-corrected chi connectivity index (χ0v) is 22.1. The highest BCUT2D eigenvalue weighted by Gasteiger charge is 2.24. The molecule has 8 aromatic rings. The van der Waals surface area contributed by atoms with Crippen LogP contribution in [0.5, 0.6) is 0 Å². The molecular formula is C37H23N3O. The highest BCUT2D eigenvalue weighted by molar-refractivity contribution is 6.13. The van der Waals surface area contributed by atoms with Crippen molar-refractivity contribution in [3.05, 3.63) is 126 Å². The molecule has 0 radical (unpaired) electrons. The molecule has 0 saturated heterocycles. The minimum atomic E-state index is 0.744. The van der Waals surface area contributed by atoms with Gasteiger partial charge >= 0.3 is 0 Å². The molecular weight excluding hydrogens is 502 g/mol. The van der Waals surface area contributed by atoms with Gasteiger partial charge in [0.25, 0.3) is 0 Å². The number of furan rings is 1. The number of nitrogens with zero attached hydrogens (tertiary/aromatic N) is 3. The molecule has 1 aliphatic rings. The van der Waals surface area contributed by atoms with E-state index in [0.717, 1.165) is 79.2 Å². The van der Waals surface area contributed by atoms with Crippen LogP contribution in [0.15, 0.2) is 119 Å². The van der Waals surface area contributed by atoms with Crippen LogP contribution in [0.4, 0.5) is 0 Å². The molecule has 41 heavy (non-hydrogen) atoms.